The van der Waals surface area contributed by atoms with Gasteiger partial charge < -0.3 is 13.9 Å². The Labute approximate surface area is 241 Å². The van der Waals surface area contributed by atoms with E-state index < -0.39 is 30.7 Å². The van der Waals surface area contributed by atoms with Crippen molar-refractivity contribution in [1.82, 2.24) is 4.72 Å². The zero-order chi connectivity index (χ0) is 29.0. The van der Waals surface area contributed by atoms with Crippen LogP contribution in [0.5, 0.6) is 0 Å². The van der Waals surface area contributed by atoms with E-state index in [1.54, 1.807) is 12.1 Å². The maximum atomic E-state index is 13.5. The molecule has 4 rings (SSSR count). The molecule has 0 amide bonds. The first kappa shape index (κ1) is 30.6. The number of nitrogens with one attached hydrogen (secondary N) is 1. The van der Waals surface area contributed by atoms with Gasteiger partial charge in [-0.3, -0.25) is 0 Å². The van der Waals surface area contributed by atoms with Gasteiger partial charge in [-0.15, -0.1) is 0 Å². The van der Waals surface area contributed by atoms with Gasteiger partial charge in [0.05, 0.1) is 30.3 Å². The maximum absolute atomic E-state index is 13.5. The smallest absolute Gasteiger partial charge is 0.241 e. The summed E-state index contributed by atoms with van der Waals surface area (Å²) < 4.78 is 48.8. The second-order valence-corrected chi connectivity index (χ2v) is 18.6. The van der Waals surface area contributed by atoms with Crippen molar-refractivity contribution < 1.29 is 22.3 Å². The quantitative estimate of drug-likeness (QED) is 0.268. The zero-order valence-electron chi connectivity index (χ0n) is 24.5. The molecule has 0 bridgehead atoms. The van der Waals surface area contributed by atoms with Crippen LogP contribution in [0.25, 0.3) is 0 Å². The molecule has 0 aliphatic carbocycles. The molecule has 1 fully saturated rings. The van der Waals surface area contributed by atoms with Crippen molar-refractivity contribution >= 4 is 18.3 Å². The molecule has 6 nitrogen and oxygen atoms in total. The van der Waals surface area contributed by atoms with Gasteiger partial charge in [0.15, 0.2) is 14.6 Å². The van der Waals surface area contributed by atoms with E-state index in [0.29, 0.717) is 19.6 Å². The van der Waals surface area contributed by atoms with Gasteiger partial charge in [0, 0.05) is 6.42 Å². The molecule has 40 heavy (non-hydrogen) atoms. The molecule has 1 N–H and O–H groups in total. The van der Waals surface area contributed by atoms with E-state index in [1.807, 2.05) is 73.7 Å². The van der Waals surface area contributed by atoms with Crippen molar-refractivity contribution in [2.75, 3.05) is 13.2 Å². The van der Waals surface area contributed by atoms with E-state index in [1.165, 1.54) is 0 Å². The molecule has 3 aromatic rings. The molecule has 0 saturated carbocycles. The lowest BCUT2D eigenvalue weighted by atomic mass is 9.93. The zero-order valence-corrected chi connectivity index (χ0v) is 26.3. The van der Waals surface area contributed by atoms with Crippen LogP contribution in [0.1, 0.15) is 55.5 Å². The van der Waals surface area contributed by atoms with E-state index in [2.05, 4.69) is 38.6 Å². The first-order valence-corrected chi connectivity index (χ1v) is 18.4. The van der Waals surface area contributed by atoms with Crippen molar-refractivity contribution in [2.24, 2.45) is 0 Å². The predicted molar refractivity (Wildman–Crippen MR) is 162 cm³/mol. The second kappa shape index (κ2) is 12.7. The Balaban J connectivity index is 1.56. The molecule has 1 aliphatic heterocycles. The minimum atomic E-state index is -3.79. The lowest BCUT2D eigenvalue weighted by Crippen LogP contribution is -2.45. The fourth-order valence-electron chi connectivity index (χ4n) is 4.48. The fourth-order valence-corrected chi connectivity index (χ4v) is 6.72. The summed E-state index contributed by atoms with van der Waals surface area (Å²) in [4.78, 5) is 0.236. The highest BCUT2D eigenvalue weighted by atomic mass is 32.2. The Morgan fingerprint density at radius 1 is 0.975 bits per heavy atom. The Morgan fingerprint density at radius 3 is 2.30 bits per heavy atom. The Morgan fingerprint density at radius 2 is 1.62 bits per heavy atom. The van der Waals surface area contributed by atoms with E-state index >= 15 is 0 Å². The number of hydrogen-bond donors (Lipinski definition) is 1. The number of benzene rings is 3. The highest BCUT2D eigenvalue weighted by Gasteiger charge is 2.38. The van der Waals surface area contributed by atoms with Gasteiger partial charge in [-0.05, 0) is 60.3 Å². The Bertz CT molecular complexity index is 1350. The van der Waals surface area contributed by atoms with E-state index in [4.69, 9.17) is 13.9 Å². The highest BCUT2D eigenvalue weighted by molar-refractivity contribution is 7.89. The number of rotatable bonds is 10. The molecule has 1 saturated heterocycles. The van der Waals surface area contributed by atoms with E-state index in [0.717, 1.165) is 28.7 Å². The van der Waals surface area contributed by atoms with Gasteiger partial charge in [-0.2, -0.15) is 4.72 Å². The molecule has 0 spiro atoms. The van der Waals surface area contributed by atoms with Crippen LogP contribution < -0.4 is 4.72 Å². The largest absolute Gasteiger partial charge is 0.414 e. The van der Waals surface area contributed by atoms with Crippen LogP contribution in [0.15, 0.2) is 83.8 Å². The summed E-state index contributed by atoms with van der Waals surface area (Å²) in [6, 6.07) is 23.9. The van der Waals surface area contributed by atoms with Gasteiger partial charge in [0.25, 0.3) is 0 Å². The Kier molecular flexibility index (Phi) is 9.70. The third-order valence-corrected chi connectivity index (χ3v) is 14.0. The van der Waals surface area contributed by atoms with E-state index in [9.17, 15) is 8.42 Å². The maximum Gasteiger partial charge on any atom is 0.241 e. The van der Waals surface area contributed by atoms with Crippen LogP contribution in [0.3, 0.4) is 0 Å². The van der Waals surface area contributed by atoms with Gasteiger partial charge in [-0.25, -0.2) is 8.42 Å². The summed E-state index contributed by atoms with van der Waals surface area (Å²) in [5.74, 6) is 0. The summed E-state index contributed by atoms with van der Waals surface area (Å²) in [5.41, 5.74) is 3.70. The molecular weight excluding hydrogens is 539 g/mol. The molecule has 1 heterocycles. The summed E-state index contributed by atoms with van der Waals surface area (Å²) in [6.07, 6.45) is 0.816. The van der Waals surface area contributed by atoms with Crippen LogP contribution >= 0.6 is 0 Å². The van der Waals surface area contributed by atoms with Crippen LogP contribution in [0.2, 0.25) is 18.1 Å². The third kappa shape index (κ3) is 7.69. The molecule has 0 unspecified atom stereocenters. The lowest BCUT2D eigenvalue weighted by molar-refractivity contribution is -0.217. The van der Waals surface area contributed by atoms with E-state index in [-0.39, 0.29) is 16.0 Å². The van der Waals surface area contributed by atoms with Gasteiger partial charge in [-0.1, -0.05) is 93.1 Å². The standard InChI is InChI=1S/C32H43NO5SSi/c1-24-16-18-28(19-17-24)39(34,35)33-31(25-12-8-7-9-13-25)29-15-11-10-14-26(29)22-30-36-21-20-27(38-30)23-37-40(5,6)32(2,3)4/h7-19,27,30-31,33H,20-23H2,1-6H3/t27-,30-,31-/m0/s1. The number of sulfonamides is 1. The van der Waals surface area contributed by atoms with Gasteiger partial charge in [0.2, 0.25) is 10.0 Å². The molecule has 1 aliphatic rings. The van der Waals surface area contributed by atoms with Crippen molar-refractivity contribution in [3.63, 3.8) is 0 Å². The molecule has 216 valence electrons. The van der Waals surface area contributed by atoms with Gasteiger partial charge >= 0.3 is 0 Å². The third-order valence-electron chi connectivity index (χ3n) is 8.01. The average molecular weight is 582 g/mol. The lowest BCUT2D eigenvalue weighted by Gasteiger charge is -2.38. The molecule has 0 radical (unpaired) electrons. The molecule has 3 atom stereocenters. The van der Waals surface area contributed by atoms with Crippen molar-refractivity contribution in [3.05, 3.63) is 101 Å². The van der Waals surface area contributed by atoms with Crippen molar-refractivity contribution in [3.8, 4) is 0 Å². The van der Waals surface area contributed by atoms with Gasteiger partial charge in [0.1, 0.15) is 0 Å². The predicted octanol–water partition coefficient (Wildman–Crippen LogP) is 6.76. The van der Waals surface area contributed by atoms with Crippen molar-refractivity contribution in [2.45, 2.75) is 82.0 Å². The van der Waals surface area contributed by atoms with Crippen molar-refractivity contribution in [1.29, 1.82) is 0 Å². The molecule has 8 heteroatoms. The number of ether oxygens (including phenoxy) is 2. The highest BCUT2D eigenvalue weighted by Crippen LogP contribution is 2.37. The topological polar surface area (TPSA) is 73.9 Å². The fraction of sp³-hybridized carbons (Fsp3) is 0.438. The second-order valence-electron chi connectivity index (χ2n) is 12.1. The van der Waals surface area contributed by atoms with Crippen LogP contribution in [0.4, 0.5) is 0 Å². The summed E-state index contributed by atoms with van der Waals surface area (Å²) in [7, 11) is -5.68. The minimum absolute atomic E-state index is 0.0370. The van der Waals surface area contributed by atoms with Crippen LogP contribution in [-0.4, -0.2) is 42.3 Å². The average Bonchev–Trinajstić information content (AvgIpc) is 2.91. The first-order chi connectivity index (χ1) is 18.9. The Hall–Kier alpha value is -2.33. The number of hydrogen-bond acceptors (Lipinski definition) is 5. The minimum Gasteiger partial charge on any atom is -0.414 e. The summed E-state index contributed by atoms with van der Waals surface area (Å²) >= 11 is 0. The van der Waals surface area contributed by atoms with Crippen LogP contribution in [0, 0.1) is 6.92 Å². The SMILES string of the molecule is Cc1ccc(S(=O)(=O)N[C@@H](c2ccccc2)c2ccccc2C[C@H]2OCC[C@@H](CO[Si](C)(C)C(C)(C)C)O2)cc1. The monoisotopic (exact) mass is 581 g/mol. The summed E-state index contributed by atoms with van der Waals surface area (Å²) in [6.45, 7) is 14.3. The molecule has 0 aromatic heterocycles. The normalized spacial score (nSPS) is 19.4. The summed E-state index contributed by atoms with van der Waals surface area (Å²) in [5, 5.41) is 0.134. The molecule has 3 aromatic carbocycles. The molecular formula is C32H43NO5SSi. The first-order valence-electron chi connectivity index (χ1n) is 14.0. The number of aryl methyl sites for hydroxylation is 1. The van der Waals surface area contributed by atoms with Crippen LogP contribution in [-0.2, 0) is 30.3 Å².